The number of carbonyl (C=O) groups is 1. The van der Waals surface area contributed by atoms with Crippen LogP contribution >= 0.6 is 0 Å². The van der Waals surface area contributed by atoms with Crippen LogP contribution in [0.1, 0.15) is 27.3 Å². The second kappa shape index (κ2) is 6.62. The summed E-state index contributed by atoms with van der Waals surface area (Å²) >= 11 is 0. The third kappa shape index (κ3) is 3.58. The van der Waals surface area contributed by atoms with E-state index in [0.717, 1.165) is 23.5 Å². The first-order valence-electron chi connectivity index (χ1n) is 7.73. The Labute approximate surface area is 147 Å². The maximum atomic E-state index is 13.0. The Kier molecular flexibility index (Phi) is 4.50. The van der Waals surface area contributed by atoms with Gasteiger partial charge in [-0.2, -0.15) is 18.3 Å². The van der Waals surface area contributed by atoms with Crippen LogP contribution in [-0.2, 0) is 6.18 Å². The third-order valence-electron chi connectivity index (χ3n) is 3.71. The number of nitrogens with one attached hydrogen (secondary N) is 1. The molecule has 1 amide bonds. The topological polar surface area (TPSA) is 59.8 Å². The molecule has 8 heteroatoms. The van der Waals surface area contributed by atoms with Crippen molar-refractivity contribution < 1.29 is 18.0 Å². The number of alkyl halides is 3. The number of amides is 1. The van der Waals surface area contributed by atoms with Crippen LogP contribution < -0.4 is 5.32 Å². The van der Waals surface area contributed by atoms with Crippen molar-refractivity contribution in [2.75, 3.05) is 5.32 Å². The van der Waals surface area contributed by atoms with E-state index in [-0.39, 0.29) is 5.69 Å². The maximum absolute atomic E-state index is 13.0. The van der Waals surface area contributed by atoms with Gasteiger partial charge in [-0.05, 0) is 44.2 Å². The summed E-state index contributed by atoms with van der Waals surface area (Å²) in [5.74, 6) is -0.303. The monoisotopic (exact) mass is 360 g/mol. The van der Waals surface area contributed by atoms with E-state index in [9.17, 15) is 18.0 Å². The summed E-state index contributed by atoms with van der Waals surface area (Å²) in [6.45, 7) is 3.74. The predicted octanol–water partition coefficient (Wildman–Crippen LogP) is 4.16. The number of benzene rings is 1. The molecule has 3 rings (SSSR count). The van der Waals surface area contributed by atoms with Gasteiger partial charge in [-0.1, -0.05) is 12.1 Å². The van der Waals surface area contributed by atoms with Crippen LogP contribution in [0.5, 0.6) is 0 Å². The normalized spacial score (nSPS) is 11.4. The molecular weight excluding hydrogens is 345 g/mol. The molecule has 0 aliphatic heterocycles. The van der Waals surface area contributed by atoms with E-state index in [1.165, 1.54) is 18.3 Å². The molecule has 0 aliphatic carbocycles. The van der Waals surface area contributed by atoms with E-state index in [2.05, 4.69) is 15.4 Å². The maximum Gasteiger partial charge on any atom is 0.417 e. The standard InChI is InChI=1S/C18H15F3N4O/c1-11-9-12(2)25(24-11)16-8-7-13(10-22-16)23-17(26)14-5-3-4-6-15(14)18(19,20)21/h3-10H,1-2H3,(H,23,26). The van der Waals surface area contributed by atoms with Crippen molar-refractivity contribution in [2.45, 2.75) is 20.0 Å². The molecule has 0 bridgehead atoms. The molecule has 1 N–H and O–H groups in total. The SMILES string of the molecule is Cc1cc(C)n(-c2ccc(NC(=O)c3ccccc3C(F)(F)F)cn2)n1. The second-order valence-corrected chi connectivity index (χ2v) is 5.74. The lowest BCUT2D eigenvalue weighted by molar-refractivity contribution is -0.137. The highest BCUT2D eigenvalue weighted by Gasteiger charge is 2.34. The molecule has 0 radical (unpaired) electrons. The summed E-state index contributed by atoms with van der Waals surface area (Å²) in [4.78, 5) is 16.4. The molecule has 0 saturated carbocycles. The zero-order valence-electron chi connectivity index (χ0n) is 14.0. The Morgan fingerprint density at radius 1 is 1.12 bits per heavy atom. The van der Waals surface area contributed by atoms with Crippen LogP contribution in [0.2, 0.25) is 0 Å². The minimum Gasteiger partial charge on any atom is -0.321 e. The zero-order valence-corrected chi connectivity index (χ0v) is 14.0. The van der Waals surface area contributed by atoms with Gasteiger partial charge in [0.05, 0.1) is 28.7 Å². The molecule has 0 atom stereocenters. The van der Waals surface area contributed by atoms with Gasteiger partial charge in [0.25, 0.3) is 5.91 Å². The number of aromatic nitrogens is 3. The Bertz CT molecular complexity index is 946. The fraction of sp³-hybridized carbons (Fsp3) is 0.167. The summed E-state index contributed by atoms with van der Waals surface area (Å²) in [7, 11) is 0. The van der Waals surface area contributed by atoms with E-state index in [4.69, 9.17) is 0 Å². The quantitative estimate of drug-likeness (QED) is 0.763. The van der Waals surface area contributed by atoms with Crippen molar-refractivity contribution in [3.05, 3.63) is 71.2 Å². The van der Waals surface area contributed by atoms with Crippen molar-refractivity contribution in [1.82, 2.24) is 14.8 Å². The largest absolute Gasteiger partial charge is 0.417 e. The summed E-state index contributed by atoms with van der Waals surface area (Å²) < 4.78 is 40.7. The molecule has 0 spiro atoms. The molecule has 0 fully saturated rings. The van der Waals surface area contributed by atoms with Gasteiger partial charge in [0.15, 0.2) is 5.82 Å². The highest BCUT2D eigenvalue weighted by Crippen LogP contribution is 2.32. The molecule has 2 aromatic heterocycles. The molecule has 1 aromatic carbocycles. The number of hydrogen-bond acceptors (Lipinski definition) is 3. The number of hydrogen-bond donors (Lipinski definition) is 1. The molecule has 0 aliphatic rings. The van der Waals surface area contributed by atoms with E-state index < -0.39 is 23.2 Å². The first-order valence-corrected chi connectivity index (χ1v) is 7.73. The van der Waals surface area contributed by atoms with Crippen LogP contribution in [0.25, 0.3) is 5.82 Å². The highest BCUT2D eigenvalue weighted by molar-refractivity contribution is 6.05. The number of anilines is 1. The van der Waals surface area contributed by atoms with E-state index in [0.29, 0.717) is 5.82 Å². The molecule has 5 nitrogen and oxygen atoms in total. The number of aryl methyl sites for hydroxylation is 2. The Morgan fingerprint density at radius 3 is 2.42 bits per heavy atom. The van der Waals surface area contributed by atoms with Crippen LogP contribution in [-0.4, -0.2) is 20.7 Å². The summed E-state index contributed by atoms with van der Waals surface area (Å²) in [5.41, 5.74) is 0.598. The molecular formula is C18H15F3N4O. The van der Waals surface area contributed by atoms with Crippen LogP contribution in [0.15, 0.2) is 48.7 Å². The molecule has 3 aromatic rings. The predicted molar refractivity (Wildman–Crippen MR) is 90.2 cm³/mol. The molecule has 0 unspecified atom stereocenters. The average Bonchev–Trinajstić information content (AvgIpc) is 2.93. The summed E-state index contributed by atoms with van der Waals surface area (Å²) in [6.07, 6.45) is -3.23. The Morgan fingerprint density at radius 2 is 1.85 bits per heavy atom. The van der Waals surface area contributed by atoms with Gasteiger partial charge in [-0.15, -0.1) is 0 Å². The van der Waals surface area contributed by atoms with E-state index >= 15 is 0 Å². The fourth-order valence-corrected chi connectivity index (χ4v) is 2.57. The number of carbonyl (C=O) groups excluding carboxylic acids is 1. The fourth-order valence-electron chi connectivity index (χ4n) is 2.57. The lowest BCUT2D eigenvalue weighted by atomic mass is 10.1. The van der Waals surface area contributed by atoms with Gasteiger partial charge >= 0.3 is 6.18 Å². The number of rotatable bonds is 3. The number of nitrogens with zero attached hydrogens (tertiary/aromatic N) is 3. The molecule has 26 heavy (non-hydrogen) atoms. The Hall–Kier alpha value is -3.16. The lowest BCUT2D eigenvalue weighted by Crippen LogP contribution is -2.18. The van der Waals surface area contributed by atoms with Crippen molar-refractivity contribution in [2.24, 2.45) is 0 Å². The minimum atomic E-state index is -4.61. The average molecular weight is 360 g/mol. The lowest BCUT2D eigenvalue weighted by Gasteiger charge is -2.12. The van der Waals surface area contributed by atoms with Gasteiger partial charge in [-0.3, -0.25) is 4.79 Å². The van der Waals surface area contributed by atoms with Crippen LogP contribution in [0, 0.1) is 13.8 Å². The van der Waals surface area contributed by atoms with Gasteiger partial charge in [-0.25, -0.2) is 9.67 Å². The van der Waals surface area contributed by atoms with Crippen molar-refractivity contribution in [1.29, 1.82) is 0 Å². The van der Waals surface area contributed by atoms with Gasteiger partial charge in [0.2, 0.25) is 0 Å². The van der Waals surface area contributed by atoms with Crippen LogP contribution in [0.4, 0.5) is 18.9 Å². The van der Waals surface area contributed by atoms with Crippen molar-refractivity contribution in [3.8, 4) is 5.82 Å². The Balaban J connectivity index is 1.82. The first-order chi connectivity index (χ1) is 12.3. The minimum absolute atomic E-state index is 0.289. The third-order valence-corrected chi connectivity index (χ3v) is 3.71. The number of pyridine rings is 1. The molecule has 134 valence electrons. The van der Waals surface area contributed by atoms with E-state index in [1.807, 2.05) is 19.9 Å². The van der Waals surface area contributed by atoms with Gasteiger partial charge in [0.1, 0.15) is 0 Å². The first kappa shape index (κ1) is 17.7. The zero-order chi connectivity index (χ0) is 18.9. The smallest absolute Gasteiger partial charge is 0.321 e. The van der Waals surface area contributed by atoms with Gasteiger partial charge in [0, 0.05) is 5.69 Å². The molecule has 0 saturated heterocycles. The molecule has 2 heterocycles. The summed E-state index contributed by atoms with van der Waals surface area (Å²) in [6, 6.07) is 9.72. The highest BCUT2D eigenvalue weighted by atomic mass is 19.4. The number of halogens is 3. The van der Waals surface area contributed by atoms with Gasteiger partial charge < -0.3 is 5.32 Å². The van der Waals surface area contributed by atoms with E-state index in [1.54, 1.807) is 16.8 Å². The van der Waals surface area contributed by atoms with Crippen molar-refractivity contribution in [3.63, 3.8) is 0 Å². The summed E-state index contributed by atoms with van der Waals surface area (Å²) in [5, 5.41) is 6.74. The van der Waals surface area contributed by atoms with Crippen molar-refractivity contribution >= 4 is 11.6 Å². The van der Waals surface area contributed by atoms with Crippen LogP contribution in [0.3, 0.4) is 0 Å². The second-order valence-electron chi connectivity index (χ2n) is 5.74.